The van der Waals surface area contributed by atoms with Crippen LogP contribution in [0.15, 0.2) is 36.5 Å². The minimum absolute atomic E-state index is 0.227. The second-order valence-corrected chi connectivity index (χ2v) is 9.45. The molecule has 4 heterocycles. The molecule has 2 aromatic carbocycles. The number of ether oxygens (including phenoxy) is 1. The van der Waals surface area contributed by atoms with Gasteiger partial charge in [0, 0.05) is 24.7 Å². The number of anilines is 2. The van der Waals surface area contributed by atoms with Crippen LogP contribution in [0.3, 0.4) is 0 Å². The number of fused-ring (bicyclic) bond motifs is 2. The van der Waals surface area contributed by atoms with Crippen molar-refractivity contribution in [1.29, 1.82) is 0 Å². The minimum Gasteiger partial charge on any atom is -0.495 e. The molecule has 1 unspecified atom stereocenters. The van der Waals surface area contributed by atoms with Gasteiger partial charge in [0.1, 0.15) is 17.4 Å². The number of aryl methyl sites for hydroxylation is 1. The summed E-state index contributed by atoms with van der Waals surface area (Å²) in [6, 6.07) is 10.7. The molecule has 2 aliphatic heterocycles. The largest absolute Gasteiger partial charge is 0.495 e. The molecule has 0 amide bonds. The van der Waals surface area contributed by atoms with Gasteiger partial charge in [-0.25, -0.2) is 19.6 Å². The fraction of sp³-hybridized carbons (Fsp3) is 0.385. The average molecular weight is 471 g/mol. The van der Waals surface area contributed by atoms with E-state index in [1.165, 1.54) is 11.1 Å². The third-order valence-electron chi connectivity index (χ3n) is 6.89. The zero-order valence-electron chi connectivity index (χ0n) is 20.4. The van der Waals surface area contributed by atoms with Crippen molar-refractivity contribution in [2.45, 2.75) is 38.8 Å². The van der Waals surface area contributed by atoms with E-state index in [4.69, 9.17) is 14.7 Å². The number of benzene rings is 2. The number of nitrogens with zero attached hydrogens (tertiary/aromatic N) is 6. The number of rotatable bonds is 5. The Labute approximate surface area is 204 Å². The van der Waals surface area contributed by atoms with E-state index in [1.54, 1.807) is 7.11 Å². The van der Waals surface area contributed by atoms with Gasteiger partial charge in [-0.05, 0) is 81.2 Å². The highest BCUT2D eigenvalue weighted by Gasteiger charge is 2.23. The molecule has 2 aliphatic rings. The fourth-order valence-corrected chi connectivity index (χ4v) is 5.07. The van der Waals surface area contributed by atoms with E-state index in [-0.39, 0.29) is 6.04 Å². The Morgan fingerprint density at radius 1 is 1.14 bits per heavy atom. The second kappa shape index (κ2) is 8.90. The van der Waals surface area contributed by atoms with Crippen molar-refractivity contribution in [2.24, 2.45) is 0 Å². The van der Waals surface area contributed by atoms with Gasteiger partial charge < -0.3 is 20.3 Å². The molecule has 0 bridgehead atoms. The summed E-state index contributed by atoms with van der Waals surface area (Å²) in [5, 5.41) is 12.6. The Morgan fingerprint density at radius 2 is 2.06 bits per heavy atom. The molecule has 6 rings (SSSR count). The maximum Gasteiger partial charge on any atom is 0.227 e. The SMILES string of the molecule is COc1cc2c(cc1Nc1ncc3ccc(-n4nc(C)nc4C4CCCN4)cc3n1)CN(C)CC2. The molecule has 2 aromatic heterocycles. The van der Waals surface area contributed by atoms with Crippen molar-refractivity contribution in [3.8, 4) is 11.4 Å². The van der Waals surface area contributed by atoms with Crippen molar-refractivity contribution in [2.75, 3.05) is 32.6 Å². The summed E-state index contributed by atoms with van der Waals surface area (Å²) < 4.78 is 7.62. The first-order valence-corrected chi connectivity index (χ1v) is 12.2. The van der Waals surface area contributed by atoms with Crippen LogP contribution >= 0.6 is 0 Å². The number of likely N-dealkylation sites (N-methyl/N-ethyl adjacent to an activating group) is 1. The van der Waals surface area contributed by atoms with E-state index in [1.807, 2.05) is 36.0 Å². The van der Waals surface area contributed by atoms with Gasteiger partial charge >= 0.3 is 0 Å². The number of hydrogen-bond donors (Lipinski definition) is 2. The quantitative estimate of drug-likeness (QED) is 0.456. The van der Waals surface area contributed by atoms with Gasteiger partial charge in [-0.1, -0.05) is 0 Å². The summed E-state index contributed by atoms with van der Waals surface area (Å²) in [6.07, 6.45) is 5.09. The van der Waals surface area contributed by atoms with Crippen LogP contribution in [0.4, 0.5) is 11.6 Å². The van der Waals surface area contributed by atoms with Gasteiger partial charge in [0.15, 0.2) is 0 Å². The minimum atomic E-state index is 0.227. The fourth-order valence-electron chi connectivity index (χ4n) is 5.07. The van der Waals surface area contributed by atoms with Crippen LogP contribution in [-0.4, -0.2) is 56.9 Å². The lowest BCUT2D eigenvalue weighted by molar-refractivity contribution is 0.312. The topological polar surface area (TPSA) is 93.0 Å². The molecular formula is C26H30N8O. The van der Waals surface area contributed by atoms with E-state index >= 15 is 0 Å². The average Bonchev–Trinajstić information content (AvgIpc) is 3.53. The monoisotopic (exact) mass is 470 g/mol. The van der Waals surface area contributed by atoms with Gasteiger partial charge in [-0.2, -0.15) is 5.10 Å². The first kappa shape index (κ1) is 21.9. The lowest BCUT2D eigenvalue weighted by atomic mass is 9.99. The molecule has 2 N–H and O–H groups in total. The highest BCUT2D eigenvalue weighted by atomic mass is 16.5. The summed E-state index contributed by atoms with van der Waals surface area (Å²) in [7, 11) is 3.85. The van der Waals surface area contributed by atoms with Crippen LogP contribution in [0.25, 0.3) is 16.6 Å². The van der Waals surface area contributed by atoms with E-state index in [0.29, 0.717) is 5.95 Å². The number of methoxy groups -OCH3 is 1. The molecule has 0 spiro atoms. The Balaban J connectivity index is 1.34. The first-order valence-electron chi connectivity index (χ1n) is 12.2. The number of nitrogens with one attached hydrogen (secondary N) is 2. The molecule has 0 radical (unpaired) electrons. The smallest absolute Gasteiger partial charge is 0.227 e. The van der Waals surface area contributed by atoms with Gasteiger partial charge in [-0.3, -0.25) is 0 Å². The molecule has 1 fully saturated rings. The summed E-state index contributed by atoms with van der Waals surface area (Å²) in [5.41, 5.74) is 5.31. The molecular weight excluding hydrogens is 440 g/mol. The van der Waals surface area contributed by atoms with Crippen LogP contribution in [0.1, 0.15) is 41.7 Å². The zero-order valence-corrected chi connectivity index (χ0v) is 20.4. The third-order valence-corrected chi connectivity index (χ3v) is 6.89. The van der Waals surface area contributed by atoms with Crippen molar-refractivity contribution in [3.63, 3.8) is 0 Å². The Kier molecular flexibility index (Phi) is 5.58. The summed E-state index contributed by atoms with van der Waals surface area (Å²) in [6.45, 7) is 4.93. The van der Waals surface area contributed by atoms with E-state index in [2.05, 4.69) is 44.8 Å². The number of aromatic nitrogens is 5. The van der Waals surface area contributed by atoms with Crippen molar-refractivity contribution >= 4 is 22.5 Å². The third kappa shape index (κ3) is 4.21. The van der Waals surface area contributed by atoms with Crippen LogP contribution in [0.5, 0.6) is 5.75 Å². The molecule has 1 atom stereocenters. The van der Waals surface area contributed by atoms with Crippen LogP contribution < -0.4 is 15.4 Å². The molecule has 0 saturated carbocycles. The standard InChI is InChI=1S/C26H30N8O/c1-16-29-25(21-5-4-9-27-21)34(32-16)20-7-6-18-14-28-26(30-22(18)13-20)31-23-11-19-15-33(2)10-8-17(19)12-24(23)35-3/h6-7,11-14,21,27H,4-5,8-10,15H2,1-3H3,(H,28,30,31). The van der Waals surface area contributed by atoms with Crippen LogP contribution in [-0.2, 0) is 13.0 Å². The molecule has 0 aliphatic carbocycles. The Hall–Kier alpha value is -3.56. The van der Waals surface area contributed by atoms with Crippen LogP contribution in [0.2, 0.25) is 0 Å². The predicted octanol–water partition coefficient (Wildman–Crippen LogP) is 3.68. The summed E-state index contributed by atoms with van der Waals surface area (Å²) in [4.78, 5) is 16.4. The van der Waals surface area contributed by atoms with E-state index in [9.17, 15) is 0 Å². The summed E-state index contributed by atoms with van der Waals surface area (Å²) >= 11 is 0. The maximum absolute atomic E-state index is 5.68. The van der Waals surface area contributed by atoms with Gasteiger partial charge in [0.05, 0.1) is 30.0 Å². The zero-order chi connectivity index (χ0) is 23.9. The summed E-state index contributed by atoms with van der Waals surface area (Å²) in [5.74, 6) is 3.06. The molecule has 9 heteroatoms. The number of hydrogen-bond acceptors (Lipinski definition) is 8. The van der Waals surface area contributed by atoms with E-state index in [0.717, 1.165) is 78.6 Å². The highest BCUT2D eigenvalue weighted by Crippen LogP contribution is 2.33. The highest BCUT2D eigenvalue weighted by molar-refractivity contribution is 5.81. The normalized spacial score (nSPS) is 18.1. The lowest BCUT2D eigenvalue weighted by Crippen LogP contribution is -2.26. The molecule has 35 heavy (non-hydrogen) atoms. The molecule has 1 saturated heterocycles. The van der Waals surface area contributed by atoms with E-state index < -0.39 is 0 Å². The van der Waals surface area contributed by atoms with Gasteiger partial charge in [0.25, 0.3) is 0 Å². The Morgan fingerprint density at radius 3 is 2.89 bits per heavy atom. The maximum atomic E-state index is 5.68. The molecule has 4 aromatic rings. The van der Waals surface area contributed by atoms with Crippen molar-refractivity contribution in [3.05, 3.63) is 59.3 Å². The van der Waals surface area contributed by atoms with Crippen molar-refractivity contribution in [1.82, 2.24) is 34.9 Å². The van der Waals surface area contributed by atoms with Gasteiger partial charge in [0.2, 0.25) is 5.95 Å². The first-order chi connectivity index (χ1) is 17.1. The van der Waals surface area contributed by atoms with Gasteiger partial charge in [-0.15, -0.1) is 0 Å². The predicted molar refractivity (Wildman–Crippen MR) is 135 cm³/mol. The van der Waals surface area contributed by atoms with Crippen molar-refractivity contribution < 1.29 is 4.74 Å². The van der Waals surface area contributed by atoms with Crippen LogP contribution in [0, 0.1) is 6.92 Å². The Bertz CT molecular complexity index is 1390. The molecule has 180 valence electrons. The second-order valence-electron chi connectivity index (χ2n) is 9.45. The lowest BCUT2D eigenvalue weighted by Gasteiger charge is -2.26. The molecule has 9 nitrogen and oxygen atoms in total.